The molecule has 8 nitrogen and oxygen atoms in total. The van der Waals surface area contributed by atoms with Crippen LogP contribution in [0.3, 0.4) is 0 Å². The van der Waals surface area contributed by atoms with E-state index in [2.05, 4.69) is 51.1 Å². The minimum Gasteiger partial charge on any atom is -0.487 e. The summed E-state index contributed by atoms with van der Waals surface area (Å²) >= 11 is 0. The second-order valence-corrected chi connectivity index (χ2v) is 13.6. The highest BCUT2D eigenvalue weighted by Gasteiger charge is 2.53. The van der Waals surface area contributed by atoms with Gasteiger partial charge in [0.05, 0.1) is 6.04 Å². The van der Waals surface area contributed by atoms with Crippen LogP contribution in [0.5, 0.6) is 0 Å². The van der Waals surface area contributed by atoms with Crippen LogP contribution in [0, 0.1) is 11.3 Å². The Morgan fingerprint density at radius 2 is 1.77 bits per heavy atom. The predicted molar refractivity (Wildman–Crippen MR) is 189 cm³/mol. The van der Waals surface area contributed by atoms with Crippen LogP contribution in [0.4, 0.5) is 0 Å². The van der Waals surface area contributed by atoms with E-state index >= 15 is 0 Å². The highest BCUT2D eigenvalue weighted by atomic mass is 16.5. The van der Waals surface area contributed by atoms with Gasteiger partial charge >= 0.3 is 5.97 Å². The normalized spacial score (nSPS) is 24.2. The fourth-order valence-corrected chi connectivity index (χ4v) is 6.76. The first-order chi connectivity index (χ1) is 22.6. The van der Waals surface area contributed by atoms with Crippen LogP contribution >= 0.6 is 0 Å². The molecule has 47 heavy (non-hydrogen) atoms. The van der Waals surface area contributed by atoms with Gasteiger partial charge in [-0.25, -0.2) is 4.99 Å². The van der Waals surface area contributed by atoms with Crippen molar-refractivity contribution in [2.24, 2.45) is 16.3 Å². The third-order valence-corrected chi connectivity index (χ3v) is 9.40. The maximum atomic E-state index is 14.6. The molecule has 3 aliphatic rings. The zero-order valence-corrected chi connectivity index (χ0v) is 28.9. The van der Waals surface area contributed by atoms with E-state index in [9.17, 15) is 14.4 Å². The van der Waals surface area contributed by atoms with E-state index in [0.717, 1.165) is 56.9 Å². The fraction of sp³-hybridized carbons (Fsp3) is 0.538. The Kier molecular flexibility index (Phi) is 14.2. The number of hydrogen-bond donors (Lipinski definition) is 2. The SMILES string of the molecule is C=C.CCCCCC(c1ccc(C(=O)NCCCC(=O)O)cc1)N1C(=O)C(/C2=C/C/C=C\C=C/CO2)=NC12CCC(C(C)(C)C)CC2. The van der Waals surface area contributed by atoms with Crippen molar-refractivity contribution in [3.63, 3.8) is 0 Å². The lowest BCUT2D eigenvalue weighted by Crippen LogP contribution is -2.51. The molecule has 2 heterocycles. The highest BCUT2D eigenvalue weighted by Crippen LogP contribution is 2.50. The van der Waals surface area contributed by atoms with E-state index in [1.807, 2.05) is 54.6 Å². The molecule has 1 aliphatic carbocycles. The molecule has 0 radical (unpaired) electrons. The number of rotatable bonds is 12. The topological polar surface area (TPSA) is 108 Å². The molecular formula is C39H55N3O5. The monoisotopic (exact) mass is 645 g/mol. The number of amides is 2. The number of hydrogen-bond acceptors (Lipinski definition) is 5. The Labute approximate surface area is 281 Å². The van der Waals surface area contributed by atoms with Crippen LogP contribution in [0.15, 0.2) is 78.6 Å². The fourth-order valence-electron chi connectivity index (χ4n) is 6.76. The number of nitrogens with zero attached hydrogens (tertiary/aromatic N) is 2. The minimum absolute atomic E-state index is 0.0141. The molecule has 1 fully saturated rings. The Bertz CT molecular complexity index is 1330. The number of unbranched alkanes of at least 4 members (excludes halogenated alkanes) is 2. The van der Waals surface area contributed by atoms with Gasteiger partial charge in [-0.1, -0.05) is 77.3 Å². The first-order valence-corrected chi connectivity index (χ1v) is 17.2. The highest BCUT2D eigenvalue weighted by molar-refractivity contribution is 6.46. The summed E-state index contributed by atoms with van der Waals surface area (Å²) in [5, 5.41) is 11.7. The zero-order valence-electron chi connectivity index (χ0n) is 28.9. The van der Waals surface area contributed by atoms with Crippen molar-refractivity contribution in [3.05, 3.63) is 84.7 Å². The third kappa shape index (κ3) is 10.0. The maximum absolute atomic E-state index is 14.6. The summed E-state index contributed by atoms with van der Waals surface area (Å²) < 4.78 is 6.13. The number of aliphatic imine (C=N–C) groups is 1. The van der Waals surface area contributed by atoms with Gasteiger partial charge in [0, 0.05) is 18.5 Å². The summed E-state index contributed by atoms with van der Waals surface area (Å²) in [7, 11) is 0. The van der Waals surface area contributed by atoms with Crippen LogP contribution in [0.2, 0.25) is 0 Å². The molecule has 2 N–H and O–H groups in total. The van der Waals surface area contributed by atoms with Crippen LogP contribution in [0.25, 0.3) is 0 Å². The Hall–Kier alpha value is -3.94. The number of nitrogens with one attached hydrogen (secondary N) is 1. The number of carboxylic acids is 1. The summed E-state index contributed by atoms with van der Waals surface area (Å²) in [5.41, 5.74) is 1.47. The van der Waals surface area contributed by atoms with Crippen LogP contribution in [-0.2, 0) is 14.3 Å². The summed E-state index contributed by atoms with van der Waals surface area (Å²) in [4.78, 5) is 45.5. The van der Waals surface area contributed by atoms with Crippen molar-refractivity contribution in [2.45, 2.75) is 110 Å². The van der Waals surface area contributed by atoms with E-state index in [0.29, 0.717) is 48.9 Å². The molecule has 2 aliphatic heterocycles. The molecule has 0 saturated heterocycles. The Morgan fingerprint density at radius 3 is 2.40 bits per heavy atom. The average molecular weight is 646 g/mol. The third-order valence-electron chi connectivity index (χ3n) is 9.40. The molecule has 1 aromatic rings. The zero-order chi connectivity index (χ0) is 34.5. The molecule has 1 spiro atoms. The maximum Gasteiger partial charge on any atom is 0.303 e. The van der Waals surface area contributed by atoms with Gasteiger partial charge < -0.3 is 20.1 Å². The van der Waals surface area contributed by atoms with Gasteiger partial charge in [-0.3, -0.25) is 14.4 Å². The number of carboxylic acid groups (broad SMARTS) is 1. The van der Waals surface area contributed by atoms with E-state index in [1.165, 1.54) is 0 Å². The second-order valence-electron chi connectivity index (χ2n) is 13.6. The van der Waals surface area contributed by atoms with Gasteiger partial charge in [-0.15, -0.1) is 13.2 Å². The van der Waals surface area contributed by atoms with E-state index in [-0.39, 0.29) is 29.7 Å². The molecule has 8 heteroatoms. The van der Waals surface area contributed by atoms with Crippen molar-refractivity contribution < 1.29 is 24.2 Å². The molecule has 2 amide bonds. The Balaban J connectivity index is 0.00000294. The molecular weight excluding hydrogens is 590 g/mol. The first-order valence-electron chi connectivity index (χ1n) is 17.2. The molecule has 1 saturated carbocycles. The number of carbonyl (C=O) groups is 3. The number of ether oxygens (including phenoxy) is 1. The molecule has 4 rings (SSSR count). The Morgan fingerprint density at radius 1 is 1.09 bits per heavy atom. The molecule has 256 valence electrons. The smallest absolute Gasteiger partial charge is 0.303 e. The standard InChI is InChI=1S/C37H51N3O5.C2H4/c1-5-6-10-14-30(27-17-19-28(20-18-27)34(43)38-25-13-16-32(41)42)40-35(44)33(31-15-11-8-7-9-12-26-45-31)39-37(40)23-21-29(22-24-37)36(2,3)4;1-2/h7-9,12,15,17-20,29-30H,5-6,10-11,13-14,16,21-26H2,1-4H3,(H,38,43)(H,41,42);1-2H2/b8-7-,12-9-,31-15-;. The van der Waals surface area contributed by atoms with Crippen LogP contribution < -0.4 is 5.32 Å². The number of aliphatic carboxylic acids is 1. The lowest BCUT2D eigenvalue weighted by atomic mass is 9.69. The largest absolute Gasteiger partial charge is 0.487 e. The molecule has 1 unspecified atom stereocenters. The molecule has 1 aromatic carbocycles. The van der Waals surface area contributed by atoms with Crippen molar-refractivity contribution >= 4 is 23.5 Å². The van der Waals surface area contributed by atoms with Gasteiger partial charge in [-0.2, -0.15) is 0 Å². The molecule has 1 atom stereocenters. The van der Waals surface area contributed by atoms with Gasteiger partial charge in [0.2, 0.25) is 0 Å². The van der Waals surface area contributed by atoms with E-state index < -0.39 is 11.6 Å². The summed E-state index contributed by atoms with van der Waals surface area (Å²) in [5.74, 6) is -0.0799. The lowest BCUT2D eigenvalue weighted by Gasteiger charge is -2.47. The van der Waals surface area contributed by atoms with Gasteiger partial charge in [0.1, 0.15) is 18.0 Å². The van der Waals surface area contributed by atoms with Crippen molar-refractivity contribution in [1.29, 1.82) is 0 Å². The number of allylic oxidation sites excluding steroid dienone is 4. The van der Waals surface area contributed by atoms with E-state index in [4.69, 9.17) is 14.8 Å². The van der Waals surface area contributed by atoms with E-state index in [1.54, 1.807) is 0 Å². The summed E-state index contributed by atoms with van der Waals surface area (Å²) in [6, 6.07) is 7.36. The van der Waals surface area contributed by atoms with Gasteiger partial charge in [0.15, 0.2) is 5.71 Å². The van der Waals surface area contributed by atoms with Crippen molar-refractivity contribution in [3.8, 4) is 0 Å². The first kappa shape index (κ1) is 37.5. The van der Waals surface area contributed by atoms with Crippen LogP contribution in [-0.4, -0.2) is 52.3 Å². The number of carbonyl (C=O) groups excluding carboxylic acids is 2. The minimum atomic E-state index is -0.877. The lowest BCUT2D eigenvalue weighted by molar-refractivity contribution is -0.137. The molecule has 0 aromatic heterocycles. The number of benzene rings is 1. The van der Waals surface area contributed by atoms with Crippen molar-refractivity contribution in [1.82, 2.24) is 10.2 Å². The van der Waals surface area contributed by atoms with Gasteiger partial charge in [0.25, 0.3) is 11.8 Å². The quantitative estimate of drug-likeness (QED) is 0.176. The van der Waals surface area contributed by atoms with Crippen molar-refractivity contribution in [2.75, 3.05) is 13.2 Å². The molecule has 0 bridgehead atoms. The summed E-state index contributed by atoms with van der Waals surface area (Å²) in [6.07, 6.45) is 18.5. The predicted octanol–water partition coefficient (Wildman–Crippen LogP) is 8.34. The van der Waals surface area contributed by atoms with Gasteiger partial charge in [-0.05, 0) is 86.1 Å². The second kappa shape index (κ2) is 17.8. The van der Waals surface area contributed by atoms with Crippen LogP contribution in [0.1, 0.15) is 120 Å². The average Bonchev–Trinajstić information content (AvgIpc) is 3.40. The summed E-state index contributed by atoms with van der Waals surface area (Å²) in [6.45, 7) is 15.8.